The largest absolute Gasteiger partial charge is 0.491 e. The maximum Gasteiger partial charge on any atom is 0.247 e. The van der Waals surface area contributed by atoms with E-state index >= 15 is 0 Å². The van der Waals surface area contributed by atoms with Gasteiger partial charge in [0.1, 0.15) is 5.75 Å². The number of rotatable bonds is 6. The van der Waals surface area contributed by atoms with Gasteiger partial charge in [-0.15, -0.1) is 21.8 Å². The number of nitrogens with zero attached hydrogens (tertiary/aromatic N) is 2. The van der Waals surface area contributed by atoms with Crippen molar-refractivity contribution >= 4 is 11.6 Å². The van der Waals surface area contributed by atoms with Gasteiger partial charge in [0.05, 0.1) is 6.10 Å². The lowest BCUT2D eigenvalue weighted by Crippen LogP contribution is -2.05. The smallest absolute Gasteiger partial charge is 0.247 e. The summed E-state index contributed by atoms with van der Waals surface area (Å²) in [5, 5.41) is 8.05. The SMILES string of the molecule is CC(C)Oc1cccc(-c2nnc(CCCCl)o2)c1. The molecular weight excluding hydrogens is 264 g/mol. The van der Waals surface area contributed by atoms with Crippen molar-refractivity contribution in [2.45, 2.75) is 32.8 Å². The van der Waals surface area contributed by atoms with Gasteiger partial charge in [0.25, 0.3) is 0 Å². The summed E-state index contributed by atoms with van der Waals surface area (Å²) in [6.07, 6.45) is 1.68. The van der Waals surface area contributed by atoms with Crippen LogP contribution in [-0.4, -0.2) is 22.2 Å². The third-order valence-corrected chi connectivity index (χ3v) is 2.71. The van der Waals surface area contributed by atoms with Crippen molar-refractivity contribution in [3.05, 3.63) is 30.2 Å². The number of hydrogen-bond acceptors (Lipinski definition) is 4. The van der Waals surface area contributed by atoms with Gasteiger partial charge >= 0.3 is 0 Å². The Hall–Kier alpha value is -1.55. The number of benzene rings is 1. The predicted octanol–water partition coefficient (Wildman–Crippen LogP) is 3.70. The lowest BCUT2D eigenvalue weighted by atomic mass is 10.2. The molecule has 1 heterocycles. The summed E-state index contributed by atoms with van der Waals surface area (Å²) < 4.78 is 11.2. The van der Waals surface area contributed by atoms with Crippen LogP contribution in [0, 0.1) is 0 Å². The molecule has 0 radical (unpaired) electrons. The normalized spacial score (nSPS) is 10.9. The molecule has 0 N–H and O–H groups in total. The van der Waals surface area contributed by atoms with Gasteiger partial charge in [-0.2, -0.15) is 0 Å². The average molecular weight is 281 g/mol. The Morgan fingerprint density at radius 2 is 2.16 bits per heavy atom. The molecular formula is C14H17ClN2O2. The Bertz CT molecular complexity index is 526. The van der Waals surface area contributed by atoms with Crippen molar-refractivity contribution in [3.8, 4) is 17.2 Å². The quantitative estimate of drug-likeness (QED) is 0.757. The van der Waals surface area contributed by atoms with Gasteiger partial charge in [0, 0.05) is 17.9 Å². The number of hydrogen-bond donors (Lipinski definition) is 0. The molecule has 0 aliphatic heterocycles. The molecule has 19 heavy (non-hydrogen) atoms. The number of aromatic nitrogens is 2. The lowest BCUT2D eigenvalue weighted by molar-refractivity contribution is 0.242. The molecule has 0 aliphatic carbocycles. The summed E-state index contributed by atoms with van der Waals surface area (Å²) in [4.78, 5) is 0. The Morgan fingerprint density at radius 1 is 1.32 bits per heavy atom. The molecule has 2 aromatic rings. The van der Waals surface area contributed by atoms with Crippen LogP contribution >= 0.6 is 11.6 Å². The lowest BCUT2D eigenvalue weighted by Gasteiger charge is -2.09. The van der Waals surface area contributed by atoms with Crippen molar-refractivity contribution in [1.29, 1.82) is 0 Å². The van der Waals surface area contributed by atoms with Gasteiger partial charge in [0.15, 0.2) is 0 Å². The van der Waals surface area contributed by atoms with Crippen molar-refractivity contribution in [2.24, 2.45) is 0 Å². The maximum atomic E-state index is 5.64. The third kappa shape index (κ3) is 3.96. The number of aryl methyl sites for hydroxylation is 1. The first-order valence-corrected chi connectivity index (χ1v) is 6.88. The topological polar surface area (TPSA) is 48.2 Å². The highest BCUT2D eigenvalue weighted by molar-refractivity contribution is 6.17. The molecule has 0 spiro atoms. The number of alkyl halides is 1. The molecule has 0 atom stereocenters. The van der Waals surface area contributed by atoms with Crippen molar-refractivity contribution in [2.75, 3.05) is 5.88 Å². The van der Waals surface area contributed by atoms with E-state index in [1.807, 2.05) is 38.1 Å². The highest BCUT2D eigenvalue weighted by Crippen LogP contribution is 2.23. The second kappa shape index (κ2) is 6.57. The van der Waals surface area contributed by atoms with Gasteiger partial charge < -0.3 is 9.15 Å². The van der Waals surface area contributed by atoms with Gasteiger partial charge in [0.2, 0.25) is 11.8 Å². The number of ether oxygens (including phenoxy) is 1. The zero-order chi connectivity index (χ0) is 13.7. The van der Waals surface area contributed by atoms with Gasteiger partial charge in [-0.3, -0.25) is 0 Å². The first kappa shape index (κ1) is 13.9. The summed E-state index contributed by atoms with van der Waals surface area (Å²) in [6, 6.07) is 7.65. The number of halogens is 1. The minimum Gasteiger partial charge on any atom is -0.491 e. The second-order valence-electron chi connectivity index (χ2n) is 4.49. The molecule has 5 heteroatoms. The van der Waals surface area contributed by atoms with Gasteiger partial charge in [-0.05, 0) is 38.5 Å². The molecule has 4 nitrogen and oxygen atoms in total. The van der Waals surface area contributed by atoms with E-state index in [-0.39, 0.29) is 6.10 Å². The minimum absolute atomic E-state index is 0.136. The van der Waals surface area contributed by atoms with Crippen LogP contribution < -0.4 is 4.74 Å². The molecule has 2 rings (SSSR count). The first-order valence-electron chi connectivity index (χ1n) is 6.34. The van der Waals surface area contributed by atoms with Crippen LogP contribution in [0.15, 0.2) is 28.7 Å². The van der Waals surface area contributed by atoms with Gasteiger partial charge in [-0.1, -0.05) is 6.07 Å². The molecule has 102 valence electrons. The van der Waals surface area contributed by atoms with E-state index < -0.39 is 0 Å². The standard InChI is InChI=1S/C14H17ClN2O2/c1-10(2)18-12-6-3-5-11(9-12)14-17-16-13(19-14)7-4-8-15/h3,5-6,9-10H,4,7-8H2,1-2H3. The van der Waals surface area contributed by atoms with E-state index in [1.54, 1.807) is 0 Å². The van der Waals surface area contributed by atoms with Crippen molar-refractivity contribution < 1.29 is 9.15 Å². The van der Waals surface area contributed by atoms with Crippen LogP contribution in [0.3, 0.4) is 0 Å². The second-order valence-corrected chi connectivity index (χ2v) is 4.87. The average Bonchev–Trinajstić information content (AvgIpc) is 2.84. The molecule has 0 unspecified atom stereocenters. The predicted molar refractivity (Wildman–Crippen MR) is 74.5 cm³/mol. The highest BCUT2D eigenvalue weighted by Gasteiger charge is 2.09. The van der Waals surface area contributed by atoms with E-state index in [9.17, 15) is 0 Å². The van der Waals surface area contributed by atoms with E-state index in [0.29, 0.717) is 24.1 Å². The fraction of sp³-hybridized carbons (Fsp3) is 0.429. The Morgan fingerprint density at radius 3 is 2.89 bits per heavy atom. The summed E-state index contributed by atoms with van der Waals surface area (Å²) in [6.45, 7) is 3.98. The molecule has 0 fully saturated rings. The zero-order valence-electron chi connectivity index (χ0n) is 11.1. The van der Waals surface area contributed by atoms with Gasteiger partial charge in [-0.25, -0.2) is 0 Å². The van der Waals surface area contributed by atoms with Crippen LogP contribution in [0.5, 0.6) is 5.75 Å². The fourth-order valence-corrected chi connectivity index (χ4v) is 1.80. The van der Waals surface area contributed by atoms with E-state index in [1.165, 1.54) is 0 Å². The van der Waals surface area contributed by atoms with E-state index in [0.717, 1.165) is 17.7 Å². The molecule has 0 saturated heterocycles. The van der Waals surface area contributed by atoms with Crippen LogP contribution in [0.25, 0.3) is 11.5 Å². The Kier molecular flexibility index (Phi) is 4.80. The summed E-state index contributed by atoms with van der Waals surface area (Å²) in [7, 11) is 0. The molecule has 0 amide bonds. The third-order valence-electron chi connectivity index (χ3n) is 2.44. The monoisotopic (exact) mass is 280 g/mol. The molecule has 0 saturated carbocycles. The van der Waals surface area contributed by atoms with Crippen molar-refractivity contribution in [3.63, 3.8) is 0 Å². The summed E-state index contributed by atoms with van der Waals surface area (Å²) in [5.41, 5.74) is 0.864. The highest BCUT2D eigenvalue weighted by atomic mass is 35.5. The zero-order valence-corrected chi connectivity index (χ0v) is 11.9. The van der Waals surface area contributed by atoms with E-state index in [2.05, 4.69) is 10.2 Å². The van der Waals surface area contributed by atoms with E-state index in [4.69, 9.17) is 20.8 Å². The Labute approximate surface area is 117 Å². The Balaban J connectivity index is 2.14. The molecule has 1 aromatic carbocycles. The first-order chi connectivity index (χ1) is 9.19. The fourth-order valence-electron chi connectivity index (χ4n) is 1.66. The maximum absolute atomic E-state index is 5.64. The summed E-state index contributed by atoms with van der Waals surface area (Å²) in [5.74, 6) is 2.52. The van der Waals surface area contributed by atoms with Crippen LogP contribution in [0.4, 0.5) is 0 Å². The van der Waals surface area contributed by atoms with Crippen molar-refractivity contribution in [1.82, 2.24) is 10.2 Å². The summed E-state index contributed by atoms with van der Waals surface area (Å²) >= 11 is 5.64. The minimum atomic E-state index is 0.136. The molecule has 0 bridgehead atoms. The molecule has 1 aromatic heterocycles. The van der Waals surface area contributed by atoms with Crippen LogP contribution in [0.2, 0.25) is 0 Å². The molecule has 0 aliphatic rings. The van der Waals surface area contributed by atoms with Crippen LogP contribution in [0.1, 0.15) is 26.2 Å². The van der Waals surface area contributed by atoms with Crippen LogP contribution in [-0.2, 0) is 6.42 Å².